The fourth-order valence-corrected chi connectivity index (χ4v) is 2.94. The van der Waals surface area contributed by atoms with Crippen molar-refractivity contribution in [3.05, 3.63) is 60.3 Å². The molecule has 1 N–H and O–H groups in total. The van der Waals surface area contributed by atoms with Crippen molar-refractivity contribution in [3.63, 3.8) is 0 Å². The van der Waals surface area contributed by atoms with Crippen LogP contribution in [0, 0.1) is 0 Å². The van der Waals surface area contributed by atoms with Crippen LogP contribution in [0.1, 0.15) is 5.56 Å². The smallest absolute Gasteiger partial charge is 0.203 e. The number of aromatic nitrogens is 2. The first kappa shape index (κ1) is 16.5. The van der Waals surface area contributed by atoms with Crippen LogP contribution in [-0.2, 0) is 13.6 Å². The molecule has 0 saturated carbocycles. The monoisotopic (exact) mass is 339 g/mol. The van der Waals surface area contributed by atoms with Crippen molar-refractivity contribution in [3.8, 4) is 17.0 Å². The third kappa shape index (κ3) is 3.57. The average Bonchev–Trinajstić information content (AvgIpc) is 3.01. The maximum Gasteiger partial charge on any atom is 0.203 e. The standard InChI is InChI=1S/C19H21N3OS/c1-22-18(15-6-8-16(23-2)9-7-15)13-21-19(22)20-12-14-4-10-17(24-3)11-5-14/h4-11,13H,12H2,1-3H3,(H,20,21). The van der Waals surface area contributed by atoms with E-state index < -0.39 is 0 Å². The molecule has 0 radical (unpaired) electrons. The van der Waals surface area contributed by atoms with Crippen LogP contribution in [0.2, 0.25) is 0 Å². The van der Waals surface area contributed by atoms with E-state index in [4.69, 9.17) is 4.74 Å². The van der Waals surface area contributed by atoms with Gasteiger partial charge in [0.25, 0.3) is 0 Å². The fraction of sp³-hybridized carbons (Fsp3) is 0.211. The van der Waals surface area contributed by atoms with Gasteiger partial charge in [0.05, 0.1) is 19.0 Å². The largest absolute Gasteiger partial charge is 0.497 e. The molecule has 0 saturated heterocycles. The highest BCUT2D eigenvalue weighted by Gasteiger charge is 2.08. The summed E-state index contributed by atoms with van der Waals surface area (Å²) in [5.41, 5.74) is 3.42. The minimum absolute atomic E-state index is 0.752. The van der Waals surface area contributed by atoms with Gasteiger partial charge in [-0.25, -0.2) is 4.98 Å². The zero-order valence-electron chi connectivity index (χ0n) is 14.1. The molecule has 0 amide bonds. The van der Waals surface area contributed by atoms with Gasteiger partial charge in [-0.15, -0.1) is 11.8 Å². The molecular formula is C19H21N3OS. The number of nitrogens with one attached hydrogen (secondary N) is 1. The normalized spacial score (nSPS) is 10.6. The number of ether oxygens (including phenoxy) is 1. The van der Waals surface area contributed by atoms with Crippen LogP contribution in [0.15, 0.2) is 59.6 Å². The van der Waals surface area contributed by atoms with Gasteiger partial charge in [0.1, 0.15) is 5.75 Å². The lowest BCUT2D eigenvalue weighted by molar-refractivity contribution is 0.415. The second kappa shape index (κ2) is 7.45. The highest BCUT2D eigenvalue weighted by Crippen LogP contribution is 2.24. The first-order chi connectivity index (χ1) is 11.7. The predicted octanol–water partition coefficient (Wildman–Crippen LogP) is 4.43. The molecule has 3 rings (SSSR count). The third-order valence-electron chi connectivity index (χ3n) is 3.98. The van der Waals surface area contributed by atoms with Crippen LogP contribution >= 0.6 is 11.8 Å². The minimum Gasteiger partial charge on any atom is -0.497 e. The summed E-state index contributed by atoms with van der Waals surface area (Å²) in [6.07, 6.45) is 3.98. The summed E-state index contributed by atoms with van der Waals surface area (Å²) in [7, 11) is 3.69. The van der Waals surface area contributed by atoms with Crippen molar-refractivity contribution in [2.24, 2.45) is 7.05 Å². The lowest BCUT2D eigenvalue weighted by Gasteiger charge is -2.09. The van der Waals surface area contributed by atoms with Crippen LogP contribution in [0.3, 0.4) is 0 Å². The molecule has 1 heterocycles. The number of imidazole rings is 1. The molecule has 1 aromatic heterocycles. The molecule has 0 aliphatic rings. The summed E-state index contributed by atoms with van der Waals surface area (Å²) in [6.45, 7) is 0.752. The Morgan fingerprint density at radius 2 is 1.79 bits per heavy atom. The molecule has 0 spiro atoms. The van der Waals surface area contributed by atoms with Crippen molar-refractivity contribution in [1.29, 1.82) is 0 Å². The fourth-order valence-electron chi connectivity index (χ4n) is 2.53. The Morgan fingerprint density at radius 1 is 1.08 bits per heavy atom. The van der Waals surface area contributed by atoms with Gasteiger partial charge < -0.3 is 14.6 Å². The number of benzene rings is 2. The highest BCUT2D eigenvalue weighted by atomic mass is 32.2. The number of rotatable bonds is 6. The van der Waals surface area contributed by atoms with Crippen molar-refractivity contribution in [2.75, 3.05) is 18.7 Å². The zero-order valence-corrected chi connectivity index (χ0v) is 14.9. The van der Waals surface area contributed by atoms with Gasteiger partial charge in [-0.1, -0.05) is 12.1 Å². The van der Waals surface area contributed by atoms with Crippen LogP contribution in [-0.4, -0.2) is 22.9 Å². The highest BCUT2D eigenvalue weighted by molar-refractivity contribution is 7.98. The van der Waals surface area contributed by atoms with E-state index in [1.165, 1.54) is 10.5 Å². The van der Waals surface area contributed by atoms with E-state index in [-0.39, 0.29) is 0 Å². The number of nitrogens with zero attached hydrogens (tertiary/aromatic N) is 2. The second-order valence-electron chi connectivity index (χ2n) is 5.46. The maximum absolute atomic E-state index is 5.21. The SMILES string of the molecule is COc1ccc(-c2cnc(NCc3ccc(SC)cc3)n2C)cc1. The molecule has 2 aromatic carbocycles. The molecule has 3 aromatic rings. The quantitative estimate of drug-likeness (QED) is 0.674. The van der Waals surface area contributed by atoms with Crippen molar-refractivity contribution >= 4 is 17.7 Å². The summed E-state index contributed by atoms with van der Waals surface area (Å²) < 4.78 is 7.28. The molecule has 124 valence electrons. The maximum atomic E-state index is 5.21. The van der Waals surface area contributed by atoms with E-state index in [0.29, 0.717) is 0 Å². The molecule has 0 unspecified atom stereocenters. The van der Waals surface area contributed by atoms with Gasteiger partial charge in [0.15, 0.2) is 0 Å². The molecule has 5 heteroatoms. The first-order valence-corrected chi connectivity index (χ1v) is 8.96. The number of anilines is 1. The topological polar surface area (TPSA) is 39.1 Å². The summed E-state index contributed by atoms with van der Waals surface area (Å²) in [5, 5.41) is 3.40. The second-order valence-corrected chi connectivity index (χ2v) is 6.34. The number of thioether (sulfide) groups is 1. The van der Waals surface area contributed by atoms with E-state index in [0.717, 1.165) is 29.5 Å². The van der Waals surface area contributed by atoms with Gasteiger partial charge in [-0.05, 0) is 48.2 Å². The van der Waals surface area contributed by atoms with Gasteiger partial charge in [-0.2, -0.15) is 0 Å². The summed E-state index contributed by atoms with van der Waals surface area (Å²) >= 11 is 1.75. The summed E-state index contributed by atoms with van der Waals surface area (Å²) in [5.74, 6) is 1.71. The number of methoxy groups -OCH3 is 1. The van der Waals surface area contributed by atoms with E-state index in [1.807, 2.05) is 37.5 Å². The molecule has 0 atom stereocenters. The third-order valence-corrected chi connectivity index (χ3v) is 4.73. The predicted molar refractivity (Wildman–Crippen MR) is 101 cm³/mol. The van der Waals surface area contributed by atoms with Crippen LogP contribution in [0.5, 0.6) is 5.75 Å². The van der Waals surface area contributed by atoms with Gasteiger partial charge in [-0.3, -0.25) is 0 Å². The Labute approximate surface area is 146 Å². The van der Waals surface area contributed by atoms with Crippen molar-refractivity contribution in [1.82, 2.24) is 9.55 Å². The number of hydrogen-bond donors (Lipinski definition) is 1. The Hall–Kier alpha value is -2.40. The summed E-state index contributed by atoms with van der Waals surface area (Å²) in [4.78, 5) is 5.78. The van der Waals surface area contributed by atoms with Crippen LogP contribution in [0.25, 0.3) is 11.3 Å². The molecule has 0 bridgehead atoms. The lowest BCUT2D eigenvalue weighted by atomic mass is 10.1. The Morgan fingerprint density at radius 3 is 2.42 bits per heavy atom. The lowest BCUT2D eigenvalue weighted by Crippen LogP contribution is -2.05. The average molecular weight is 339 g/mol. The van der Waals surface area contributed by atoms with E-state index in [1.54, 1.807) is 18.9 Å². The van der Waals surface area contributed by atoms with Crippen molar-refractivity contribution < 1.29 is 4.74 Å². The number of hydrogen-bond acceptors (Lipinski definition) is 4. The minimum atomic E-state index is 0.752. The molecule has 0 fully saturated rings. The molecule has 0 aliphatic carbocycles. The molecule has 4 nitrogen and oxygen atoms in total. The Bertz CT molecular complexity index is 794. The van der Waals surface area contributed by atoms with E-state index >= 15 is 0 Å². The molecule has 0 aliphatic heterocycles. The van der Waals surface area contributed by atoms with Crippen molar-refractivity contribution in [2.45, 2.75) is 11.4 Å². The van der Waals surface area contributed by atoms with Crippen LogP contribution in [0.4, 0.5) is 5.95 Å². The van der Waals surface area contributed by atoms with Gasteiger partial charge in [0.2, 0.25) is 5.95 Å². The van der Waals surface area contributed by atoms with Crippen LogP contribution < -0.4 is 10.1 Å². The Balaban J connectivity index is 1.71. The summed E-state index contributed by atoms with van der Waals surface area (Å²) in [6, 6.07) is 16.6. The van der Waals surface area contributed by atoms with E-state index in [9.17, 15) is 0 Å². The van der Waals surface area contributed by atoms with Gasteiger partial charge in [0, 0.05) is 24.1 Å². The zero-order chi connectivity index (χ0) is 16.9. The van der Waals surface area contributed by atoms with E-state index in [2.05, 4.69) is 45.4 Å². The molecular weight excluding hydrogens is 318 g/mol. The van der Waals surface area contributed by atoms with Gasteiger partial charge >= 0.3 is 0 Å². The first-order valence-electron chi connectivity index (χ1n) is 7.74. The molecule has 24 heavy (non-hydrogen) atoms. The Kier molecular flexibility index (Phi) is 5.11.